The number of hydrogen-bond donors (Lipinski definition) is 1. The fourth-order valence-corrected chi connectivity index (χ4v) is 2.00. The maximum absolute atomic E-state index is 9.52. The molecule has 0 aliphatic carbocycles. The Morgan fingerprint density at radius 1 is 1.06 bits per heavy atom. The van der Waals surface area contributed by atoms with E-state index in [1.54, 1.807) is 18.2 Å². The van der Waals surface area contributed by atoms with E-state index in [4.69, 9.17) is 4.74 Å². The van der Waals surface area contributed by atoms with Gasteiger partial charge in [-0.05, 0) is 29.8 Å². The number of hydrogen-bond acceptors (Lipinski definition) is 2. The van der Waals surface area contributed by atoms with Crippen molar-refractivity contribution < 1.29 is 9.84 Å². The summed E-state index contributed by atoms with van der Waals surface area (Å²) in [4.78, 5) is 0. The van der Waals surface area contributed by atoms with Crippen molar-refractivity contribution >= 4 is 15.9 Å². The molecular weight excluding hydrogens is 280 g/mol. The number of para-hydroxylation sites is 2. The molecule has 0 heterocycles. The highest BCUT2D eigenvalue weighted by Gasteiger charge is 2.00. The van der Waals surface area contributed by atoms with Gasteiger partial charge in [-0.1, -0.05) is 40.2 Å². The van der Waals surface area contributed by atoms with Crippen LogP contribution < -0.4 is 4.74 Å². The van der Waals surface area contributed by atoms with Crippen molar-refractivity contribution in [2.24, 2.45) is 0 Å². The minimum atomic E-state index is 0.182. The molecule has 0 spiro atoms. The van der Waals surface area contributed by atoms with Crippen molar-refractivity contribution in [2.75, 3.05) is 6.61 Å². The Bertz CT molecular complexity index is 497. The first-order valence-corrected chi connectivity index (χ1v) is 6.20. The fraction of sp³-hybridized carbons (Fsp3) is 0.143. The Kier molecular flexibility index (Phi) is 4.04. The molecule has 0 amide bonds. The third kappa shape index (κ3) is 3.49. The summed E-state index contributed by atoms with van der Waals surface area (Å²) in [6.45, 7) is 0.550. The zero-order chi connectivity index (χ0) is 12.1. The fourth-order valence-electron chi connectivity index (χ4n) is 1.55. The molecule has 2 nitrogen and oxygen atoms in total. The van der Waals surface area contributed by atoms with Crippen LogP contribution in [0.2, 0.25) is 0 Å². The molecule has 0 radical (unpaired) electrons. The zero-order valence-electron chi connectivity index (χ0n) is 9.27. The van der Waals surface area contributed by atoms with Crippen LogP contribution in [-0.4, -0.2) is 11.7 Å². The molecule has 0 aliphatic heterocycles. The highest BCUT2D eigenvalue weighted by molar-refractivity contribution is 9.10. The maximum atomic E-state index is 9.52. The van der Waals surface area contributed by atoms with Gasteiger partial charge in [0.2, 0.25) is 0 Å². The second-order valence-electron chi connectivity index (χ2n) is 3.70. The van der Waals surface area contributed by atoms with E-state index in [1.807, 2.05) is 18.2 Å². The van der Waals surface area contributed by atoms with Crippen molar-refractivity contribution in [1.29, 1.82) is 0 Å². The van der Waals surface area contributed by atoms with E-state index >= 15 is 0 Å². The van der Waals surface area contributed by atoms with Gasteiger partial charge in [0.05, 0.1) is 6.61 Å². The van der Waals surface area contributed by atoms with Crippen LogP contribution in [0.3, 0.4) is 0 Å². The summed E-state index contributed by atoms with van der Waals surface area (Å²) in [6, 6.07) is 15.1. The van der Waals surface area contributed by atoms with Crippen LogP contribution in [0.1, 0.15) is 5.56 Å². The molecule has 0 unspecified atom stereocenters. The lowest BCUT2D eigenvalue weighted by Crippen LogP contribution is -2.01. The molecule has 0 atom stereocenters. The highest BCUT2D eigenvalue weighted by Crippen LogP contribution is 2.24. The summed E-state index contributed by atoms with van der Waals surface area (Å²) in [7, 11) is 0. The standard InChI is InChI=1S/C14H13BrO2/c15-12-5-3-4-11(10-12)8-9-17-14-7-2-1-6-13(14)16/h1-7,10,16H,8-9H2. The smallest absolute Gasteiger partial charge is 0.160 e. The summed E-state index contributed by atoms with van der Waals surface area (Å²) < 4.78 is 6.58. The third-order valence-electron chi connectivity index (χ3n) is 2.40. The molecule has 1 N–H and O–H groups in total. The molecule has 0 saturated heterocycles. The Hall–Kier alpha value is -1.48. The van der Waals surface area contributed by atoms with E-state index in [1.165, 1.54) is 5.56 Å². The van der Waals surface area contributed by atoms with Crippen LogP contribution in [0.5, 0.6) is 11.5 Å². The number of rotatable bonds is 4. The second kappa shape index (κ2) is 5.73. The van der Waals surface area contributed by atoms with E-state index in [9.17, 15) is 5.11 Å². The van der Waals surface area contributed by atoms with Gasteiger partial charge < -0.3 is 9.84 Å². The Morgan fingerprint density at radius 3 is 2.65 bits per heavy atom. The van der Waals surface area contributed by atoms with Gasteiger partial charge in [0, 0.05) is 10.9 Å². The first-order valence-electron chi connectivity index (χ1n) is 5.41. The first kappa shape index (κ1) is 12.0. The zero-order valence-corrected chi connectivity index (χ0v) is 10.9. The van der Waals surface area contributed by atoms with Crippen LogP contribution in [-0.2, 0) is 6.42 Å². The Balaban J connectivity index is 1.90. The first-order chi connectivity index (χ1) is 8.25. The lowest BCUT2D eigenvalue weighted by Gasteiger charge is -2.07. The molecule has 0 fully saturated rings. The van der Waals surface area contributed by atoms with Crippen molar-refractivity contribution in [2.45, 2.75) is 6.42 Å². The summed E-state index contributed by atoms with van der Waals surface area (Å²) >= 11 is 3.43. The van der Waals surface area contributed by atoms with Crippen LogP contribution in [0.4, 0.5) is 0 Å². The topological polar surface area (TPSA) is 29.5 Å². The van der Waals surface area contributed by atoms with Crippen molar-refractivity contribution in [3.05, 3.63) is 58.6 Å². The normalized spacial score (nSPS) is 10.2. The summed E-state index contributed by atoms with van der Waals surface area (Å²) in [6.07, 6.45) is 0.813. The van der Waals surface area contributed by atoms with Gasteiger partial charge >= 0.3 is 0 Å². The number of aromatic hydroxyl groups is 1. The Labute approximate surface area is 109 Å². The van der Waals surface area contributed by atoms with Crippen molar-refractivity contribution in [3.8, 4) is 11.5 Å². The molecule has 2 rings (SSSR count). The predicted octanol–water partition coefficient (Wildman–Crippen LogP) is 3.78. The van der Waals surface area contributed by atoms with Gasteiger partial charge in [-0.2, -0.15) is 0 Å². The van der Waals surface area contributed by atoms with Gasteiger partial charge in [0.25, 0.3) is 0 Å². The summed E-state index contributed by atoms with van der Waals surface area (Å²) in [5.74, 6) is 0.712. The minimum absolute atomic E-state index is 0.182. The van der Waals surface area contributed by atoms with Crippen molar-refractivity contribution in [1.82, 2.24) is 0 Å². The van der Waals surface area contributed by atoms with E-state index < -0.39 is 0 Å². The molecule has 0 bridgehead atoms. The van der Waals surface area contributed by atoms with E-state index in [0.717, 1.165) is 10.9 Å². The highest BCUT2D eigenvalue weighted by atomic mass is 79.9. The van der Waals surface area contributed by atoms with E-state index in [-0.39, 0.29) is 5.75 Å². The van der Waals surface area contributed by atoms with Gasteiger partial charge in [-0.25, -0.2) is 0 Å². The molecule has 88 valence electrons. The average molecular weight is 293 g/mol. The summed E-state index contributed by atoms with van der Waals surface area (Å²) in [5, 5.41) is 9.52. The quantitative estimate of drug-likeness (QED) is 0.929. The van der Waals surface area contributed by atoms with Gasteiger partial charge in [0.15, 0.2) is 11.5 Å². The molecule has 17 heavy (non-hydrogen) atoms. The van der Waals surface area contributed by atoms with Crippen LogP contribution in [0.15, 0.2) is 53.0 Å². The number of ether oxygens (including phenoxy) is 1. The number of halogens is 1. The predicted molar refractivity (Wildman–Crippen MR) is 71.4 cm³/mol. The second-order valence-corrected chi connectivity index (χ2v) is 4.61. The lowest BCUT2D eigenvalue weighted by atomic mass is 10.2. The van der Waals surface area contributed by atoms with Gasteiger partial charge in [0.1, 0.15) is 0 Å². The monoisotopic (exact) mass is 292 g/mol. The molecule has 0 aliphatic rings. The Morgan fingerprint density at radius 2 is 1.88 bits per heavy atom. The van der Waals surface area contributed by atoms with Crippen molar-refractivity contribution in [3.63, 3.8) is 0 Å². The minimum Gasteiger partial charge on any atom is -0.504 e. The lowest BCUT2D eigenvalue weighted by molar-refractivity contribution is 0.303. The maximum Gasteiger partial charge on any atom is 0.160 e. The number of benzene rings is 2. The van der Waals surface area contributed by atoms with Gasteiger partial charge in [-0.15, -0.1) is 0 Å². The molecular formula is C14H13BrO2. The molecule has 3 heteroatoms. The molecule has 0 aromatic heterocycles. The van der Waals surface area contributed by atoms with Crippen LogP contribution in [0, 0.1) is 0 Å². The molecule has 2 aromatic rings. The summed E-state index contributed by atoms with van der Waals surface area (Å²) in [5.41, 5.74) is 1.20. The molecule has 2 aromatic carbocycles. The average Bonchev–Trinajstić information content (AvgIpc) is 2.32. The number of phenols is 1. The van der Waals surface area contributed by atoms with Crippen LogP contribution in [0.25, 0.3) is 0 Å². The largest absolute Gasteiger partial charge is 0.504 e. The number of phenolic OH excluding ortho intramolecular Hbond substituents is 1. The molecule has 0 saturated carbocycles. The SMILES string of the molecule is Oc1ccccc1OCCc1cccc(Br)c1. The third-order valence-corrected chi connectivity index (χ3v) is 2.90. The van der Waals surface area contributed by atoms with E-state index in [2.05, 4.69) is 28.1 Å². The van der Waals surface area contributed by atoms with Gasteiger partial charge in [-0.3, -0.25) is 0 Å². The van der Waals surface area contributed by atoms with E-state index in [0.29, 0.717) is 12.4 Å². The van der Waals surface area contributed by atoms with Crippen LogP contribution >= 0.6 is 15.9 Å².